The summed E-state index contributed by atoms with van der Waals surface area (Å²) in [6.07, 6.45) is 1.20. The van der Waals surface area contributed by atoms with E-state index in [-0.39, 0.29) is 23.8 Å². The topological polar surface area (TPSA) is 76.1 Å². The highest BCUT2D eigenvalue weighted by atomic mass is 16.5. The number of phenolic OH excluding ortho intramolecular Hbond substituents is 1. The van der Waals surface area contributed by atoms with Crippen molar-refractivity contribution in [1.82, 2.24) is 0 Å². The highest BCUT2D eigenvalue weighted by Crippen LogP contribution is 2.39. The van der Waals surface area contributed by atoms with Gasteiger partial charge in [-0.1, -0.05) is 12.1 Å². The van der Waals surface area contributed by atoms with Gasteiger partial charge in [-0.25, -0.2) is 4.79 Å². The van der Waals surface area contributed by atoms with E-state index >= 15 is 0 Å². The van der Waals surface area contributed by atoms with Crippen molar-refractivity contribution in [2.75, 3.05) is 18.6 Å². The van der Waals surface area contributed by atoms with Crippen LogP contribution in [-0.4, -0.2) is 30.7 Å². The number of esters is 1. The molecule has 134 valence electrons. The predicted octanol–water partition coefficient (Wildman–Crippen LogP) is 2.89. The normalized spacial score (nSPS) is 14.5. The average Bonchev–Trinajstić information content (AvgIpc) is 2.87. The van der Waals surface area contributed by atoms with E-state index in [9.17, 15) is 14.7 Å². The lowest BCUT2D eigenvalue weighted by atomic mass is 10.1. The Bertz CT molecular complexity index is 870. The zero-order valence-electron chi connectivity index (χ0n) is 14.6. The molecule has 0 spiro atoms. The maximum atomic E-state index is 12.9. The summed E-state index contributed by atoms with van der Waals surface area (Å²) in [5, 5.41) is 9.82. The minimum atomic E-state index is -0.568. The molecule has 0 bridgehead atoms. The molecule has 6 nitrogen and oxygen atoms in total. The number of methoxy groups -OCH3 is 1. The van der Waals surface area contributed by atoms with Gasteiger partial charge in [-0.3, -0.25) is 4.79 Å². The van der Waals surface area contributed by atoms with Crippen LogP contribution < -0.4 is 9.64 Å². The molecule has 0 saturated carbocycles. The van der Waals surface area contributed by atoms with Crippen molar-refractivity contribution in [2.45, 2.75) is 13.5 Å². The molecule has 1 aliphatic rings. The molecule has 0 aromatic heterocycles. The summed E-state index contributed by atoms with van der Waals surface area (Å²) in [7, 11) is 1.59. The first-order valence-corrected chi connectivity index (χ1v) is 8.20. The summed E-state index contributed by atoms with van der Waals surface area (Å²) in [6.45, 7) is 2.24. The van der Waals surface area contributed by atoms with Crippen LogP contribution in [0.1, 0.15) is 18.1 Å². The number of benzene rings is 2. The van der Waals surface area contributed by atoms with Gasteiger partial charge >= 0.3 is 5.97 Å². The Kier molecular flexibility index (Phi) is 4.93. The van der Waals surface area contributed by atoms with Crippen LogP contribution in [0.15, 0.2) is 48.5 Å². The summed E-state index contributed by atoms with van der Waals surface area (Å²) in [6, 6.07) is 12.0. The molecule has 6 heteroatoms. The summed E-state index contributed by atoms with van der Waals surface area (Å²) in [4.78, 5) is 26.2. The SMILES string of the molecule is CCOC(=O)/C=C1/C(=O)N(Cc2ccc(OC)cc2)c2cc(O)ccc21. The largest absolute Gasteiger partial charge is 0.508 e. The molecule has 2 aromatic carbocycles. The molecule has 0 fully saturated rings. The third-order valence-corrected chi connectivity index (χ3v) is 4.09. The Labute approximate surface area is 151 Å². The van der Waals surface area contributed by atoms with Gasteiger partial charge in [0, 0.05) is 17.7 Å². The number of ether oxygens (including phenoxy) is 2. The smallest absolute Gasteiger partial charge is 0.331 e. The van der Waals surface area contributed by atoms with Crippen molar-refractivity contribution in [2.24, 2.45) is 0 Å². The lowest BCUT2D eigenvalue weighted by Crippen LogP contribution is -2.26. The second-order valence-electron chi connectivity index (χ2n) is 5.75. The Morgan fingerprint density at radius 2 is 1.92 bits per heavy atom. The van der Waals surface area contributed by atoms with E-state index in [4.69, 9.17) is 9.47 Å². The minimum absolute atomic E-state index is 0.0497. The zero-order chi connectivity index (χ0) is 18.7. The molecule has 0 radical (unpaired) electrons. The molecule has 0 aliphatic carbocycles. The summed E-state index contributed by atoms with van der Waals surface area (Å²) < 4.78 is 10.1. The first kappa shape index (κ1) is 17.5. The fraction of sp³-hybridized carbons (Fsp3) is 0.200. The van der Waals surface area contributed by atoms with Crippen LogP contribution >= 0.6 is 0 Å². The van der Waals surface area contributed by atoms with Gasteiger partial charge < -0.3 is 19.5 Å². The van der Waals surface area contributed by atoms with Crippen LogP contribution in [0.2, 0.25) is 0 Å². The van der Waals surface area contributed by atoms with Crippen LogP contribution in [0.3, 0.4) is 0 Å². The van der Waals surface area contributed by atoms with E-state index < -0.39 is 5.97 Å². The lowest BCUT2D eigenvalue weighted by Gasteiger charge is -2.17. The van der Waals surface area contributed by atoms with Crippen molar-refractivity contribution in [3.63, 3.8) is 0 Å². The molecule has 1 aliphatic heterocycles. The lowest BCUT2D eigenvalue weighted by molar-refractivity contribution is -0.137. The van der Waals surface area contributed by atoms with E-state index in [0.717, 1.165) is 11.3 Å². The number of anilines is 1. The van der Waals surface area contributed by atoms with Crippen molar-refractivity contribution in [3.8, 4) is 11.5 Å². The molecular weight excluding hydrogens is 334 g/mol. The van der Waals surface area contributed by atoms with E-state index in [0.29, 0.717) is 17.8 Å². The van der Waals surface area contributed by atoms with Crippen LogP contribution in [0, 0.1) is 0 Å². The predicted molar refractivity (Wildman–Crippen MR) is 96.9 cm³/mol. The van der Waals surface area contributed by atoms with Gasteiger partial charge in [0.25, 0.3) is 5.91 Å². The number of carbonyl (C=O) groups excluding carboxylic acids is 2. The third kappa shape index (κ3) is 3.39. The summed E-state index contributed by atoms with van der Waals surface area (Å²) >= 11 is 0. The van der Waals surface area contributed by atoms with E-state index in [2.05, 4.69) is 0 Å². The average molecular weight is 353 g/mol. The number of phenols is 1. The maximum Gasteiger partial charge on any atom is 0.331 e. The van der Waals surface area contributed by atoms with Crippen LogP contribution in [0.4, 0.5) is 5.69 Å². The van der Waals surface area contributed by atoms with Gasteiger partial charge in [0.1, 0.15) is 11.5 Å². The number of nitrogens with zero attached hydrogens (tertiary/aromatic N) is 1. The zero-order valence-corrected chi connectivity index (χ0v) is 14.6. The number of fused-ring (bicyclic) bond motifs is 1. The third-order valence-electron chi connectivity index (χ3n) is 4.09. The first-order valence-electron chi connectivity index (χ1n) is 8.20. The molecule has 1 heterocycles. The molecule has 1 N–H and O–H groups in total. The van der Waals surface area contributed by atoms with Gasteiger partial charge in [0.05, 0.1) is 31.5 Å². The van der Waals surface area contributed by atoms with Gasteiger partial charge in [0.2, 0.25) is 0 Å². The van der Waals surface area contributed by atoms with Gasteiger partial charge in [-0.2, -0.15) is 0 Å². The van der Waals surface area contributed by atoms with Crippen molar-refractivity contribution < 1.29 is 24.2 Å². The number of hydrogen-bond acceptors (Lipinski definition) is 5. The summed E-state index contributed by atoms with van der Waals surface area (Å²) in [5.74, 6) is -0.105. The maximum absolute atomic E-state index is 12.9. The van der Waals surface area contributed by atoms with Crippen molar-refractivity contribution >= 4 is 23.1 Å². The van der Waals surface area contributed by atoms with Gasteiger partial charge in [-0.15, -0.1) is 0 Å². The van der Waals surface area contributed by atoms with E-state index in [1.807, 2.05) is 24.3 Å². The summed E-state index contributed by atoms with van der Waals surface area (Å²) in [5.41, 5.74) is 2.30. The minimum Gasteiger partial charge on any atom is -0.508 e. The number of rotatable bonds is 5. The molecule has 3 rings (SSSR count). The highest BCUT2D eigenvalue weighted by molar-refractivity contribution is 6.34. The van der Waals surface area contributed by atoms with E-state index in [1.54, 1.807) is 20.1 Å². The standard InChI is InChI=1S/C20H19NO5/c1-3-26-19(23)11-17-16-9-6-14(22)10-18(16)21(20(17)24)12-13-4-7-15(25-2)8-5-13/h4-11,22H,3,12H2,1-2H3/b17-11+. The molecule has 0 atom stereocenters. The molecule has 2 aromatic rings. The fourth-order valence-corrected chi connectivity index (χ4v) is 2.85. The highest BCUT2D eigenvalue weighted by Gasteiger charge is 2.33. The monoisotopic (exact) mass is 353 g/mol. The molecule has 1 amide bonds. The van der Waals surface area contributed by atoms with Crippen molar-refractivity contribution in [3.05, 3.63) is 59.7 Å². The number of hydrogen-bond donors (Lipinski definition) is 1. The Morgan fingerprint density at radius 3 is 2.58 bits per heavy atom. The Morgan fingerprint density at radius 1 is 1.19 bits per heavy atom. The van der Waals surface area contributed by atoms with Crippen LogP contribution in [-0.2, 0) is 20.9 Å². The van der Waals surface area contributed by atoms with Crippen LogP contribution in [0.25, 0.3) is 5.57 Å². The quantitative estimate of drug-likeness (QED) is 0.661. The number of aromatic hydroxyl groups is 1. The Hall–Kier alpha value is -3.28. The molecule has 26 heavy (non-hydrogen) atoms. The van der Waals surface area contributed by atoms with Crippen molar-refractivity contribution in [1.29, 1.82) is 0 Å². The second-order valence-corrected chi connectivity index (χ2v) is 5.75. The van der Waals surface area contributed by atoms with Gasteiger partial charge in [0.15, 0.2) is 0 Å². The molecular formula is C20H19NO5. The second kappa shape index (κ2) is 7.31. The molecule has 0 unspecified atom stereocenters. The molecule has 0 saturated heterocycles. The van der Waals surface area contributed by atoms with Crippen LogP contribution in [0.5, 0.6) is 11.5 Å². The fourth-order valence-electron chi connectivity index (χ4n) is 2.85. The Balaban J connectivity index is 1.96. The van der Waals surface area contributed by atoms with E-state index in [1.165, 1.54) is 23.1 Å². The van der Waals surface area contributed by atoms with Gasteiger partial charge in [-0.05, 0) is 36.8 Å². The first-order chi connectivity index (χ1) is 12.5. The number of amides is 1. The number of carbonyl (C=O) groups is 2.